The van der Waals surface area contributed by atoms with Gasteiger partial charge in [-0.2, -0.15) is 5.10 Å². The molecular weight excluding hydrogens is 218 g/mol. The maximum atomic E-state index is 5.79. The first-order chi connectivity index (χ1) is 5.70. The highest BCUT2D eigenvalue weighted by atomic mass is 79.9. The van der Waals surface area contributed by atoms with Crippen LogP contribution in [0.15, 0.2) is 22.8 Å². The second kappa shape index (κ2) is 2.48. The zero-order valence-electron chi connectivity index (χ0n) is 6.58. The summed E-state index contributed by atoms with van der Waals surface area (Å²) in [4.78, 5) is 0. The van der Waals surface area contributed by atoms with Crippen LogP contribution >= 0.6 is 15.9 Å². The number of aryl methyl sites for hydroxylation is 1. The Labute approximate surface area is 78.3 Å². The average molecular weight is 226 g/mol. The second-order valence-corrected chi connectivity index (χ2v) is 3.41. The first-order valence-corrected chi connectivity index (χ1v) is 4.36. The molecule has 0 fully saturated rings. The molecule has 2 aromatic rings. The van der Waals surface area contributed by atoms with Crippen molar-refractivity contribution in [2.75, 3.05) is 5.73 Å². The largest absolute Gasteiger partial charge is 0.398 e. The molecule has 1 heterocycles. The number of halogens is 1. The highest BCUT2D eigenvalue weighted by Gasteiger charge is 2.07. The Balaban J connectivity index is 2.99. The molecule has 12 heavy (non-hydrogen) atoms. The van der Waals surface area contributed by atoms with Crippen LogP contribution in [0.2, 0.25) is 0 Å². The van der Waals surface area contributed by atoms with Gasteiger partial charge in [-0.1, -0.05) is 6.07 Å². The van der Waals surface area contributed by atoms with E-state index >= 15 is 0 Å². The topological polar surface area (TPSA) is 43.8 Å². The average Bonchev–Trinajstić information content (AvgIpc) is 2.29. The lowest BCUT2D eigenvalue weighted by atomic mass is 10.2. The Bertz CT molecular complexity index is 433. The first kappa shape index (κ1) is 7.61. The molecule has 0 radical (unpaired) electrons. The number of nitrogen functional groups attached to an aromatic ring is 1. The molecule has 0 aliphatic rings. The van der Waals surface area contributed by atoms with Crippen molar-refractivity contribution in [2.24, 2.45) is 7.05 Å². The van der Waals surface area contributed by atoms with E-state index in [1.807, 2.05) is 25.2 Å². The number of hydrogen-bond acceptors (Lipinski definition) is 2. The lowest BCUT2D eigenvalue weighted by molar-refractivity contribution is 0.788. The Morgan fingerprint density at radius 3 is 2.92 bits per heavy atom. The van der Waals surface area contributed by atoms with E-state index in [2.05, 4.69) is 21.0 Å². The summed E-state index contributed by atoms with van der Waals surface area (Å²) in [7, 11) is 1.90. The summed E-state index contributed by atoms with van der Waals surface area (Å²) >= 11 is 3.36. The molecule has 1 aromatic carbocycles. The fourth-order valence-electron chi connectivity index (χ4n) is 1.29. The number of nitrogens with zero attached hydrogens (tertiary/aromatic N) is 2. The number of nitrogens with two attached hydrogens (primary N) is 1. The summed E-state index contributed by atoms with van der Waals surface area (Å²) in [5.74, 6) is 0. The van der Waals surface area contributed by atoms with Crippen LogP contribution in [-0.2, 0) is 7.05 Å². The molecule has 0 amide bonds. The molecule has 0 aliphatic carbocycles. The van der Waals surface area contributed by atoms with Crippen molar-refractivity contribution < 1.29 is 0 Å². The minimum atomic E-state index is 0.757. The number of anilines is 1. The molecule has 0 bridgehead atoms. The molecule has 0 atom stereocenters. The van der Waals surface area contributed by atoms with Gasteiger partial charge in [0.1, 0.15) is 4.60 Å². The van der Waals surface area contributed by atoms with Gasteiger partial charge >= 0.3 is 0 Å². The molecule has 1 aromatic heterocycles. The van der Waals surface area contributed by atoms with Gasteiger partial charge in [0.15, 0.2) is 0 Å². The van der Waals surface area contributed by atoms with Crippen LogP contribution in [0.1, 0.15) is 0 Å². The first-order valence-electron chi connectivity index (χ1n) is 3.57. The lowest BCUT2D eigenvalue weighted by Gasteiger charge is -1.95. The summed E-state index contributed by atoms with van der Waals surface area (Å²) in [6.45, 7) is 0. The number of hydrogen-bond donors (Lipinski definition) is 1. The minimum Gasteiger partial charge on any atom is -0.398 e. The quantitative estimate of drug-likeness (QED) is 0.697. The van der Waals surface area contributed by atoms with Crippen molar-refractivity contribution in [2.45, 2.75) is 0 Å². The summed E-state index contributed by atoms with van der Waals surface area (Å²) < 4.78 is 2.61. The molecule has 2 rings (SSSR count). The minimum absolute atomic E-state index is 0.757. The van der Waals surface area contributed by atoms with Gasteiger partial charge in [0.05, 0.1) is 10.9 Å². The predicted molar refractivity (Wildman–Crippen MR) is 52.8 cm³/mol. The van der Waals surface area contributed by atoms with Gasteiger partial charge < -0.3 is 5.73 Å². The smallest absolute Gasteiger partial charge is 0.138 e. The van der Waals surface area contributed by atoms with Crippen molar-refractivity contribution in [3.63, 3.8) is 0 Å². The fraction of sp³-hybridized carbons (Fsp3) is 0.125. The molecule has 0 saturated carbocycles. The van der Waals surface area contributed by atoms with Gasteiger partial charge in [-0.25, -0.2) is 0 Å². The van der Waals surface area contributed by atoms with E-state index in [1.165, 1.54) is 0 Å². The van der Waals surface area contributed by atoms with Crippen molar-refractivity contribution in [3.05, 3.63) is 22.8 Å². The molecule has 3 nitrogen and oxygen atoms in total. The zero-order valence-corrected chi connectivity index (χ0v) is 8.17. The third-order valence-corrected chi connectivity index (χ3v) is 2.42. The van der Waals surface area contributed by atoms with Crippen LogP contribution in [-0.4, -0.2) is 9.78 Å². The zero-order chi connectivity index (χ0) is 8.72. The van der Waals surface area contributed by atoms with Crippen LogP contribution in [0.4, 0.5) is 5.69 Å². The van der Waals surface area contributed by atoms with Crippen molar-refractivity contribution >= 4 is 32.5 Å². The van der Waals surface area contributed by atoms with Crippen LogP contribution in [0.3, 0.4) is 0 Å². The van der Waals surface area contributed by atoms with Gasteiger partial charge in [0.2, 0.25) is 0 Å². The SMILES string of the molecule is Cn1nc(Br)c2c(N)cccc21. The van der Waals surface area contributed by atoms with Crippen LogP contribution in [0.25, 0.3) is 10.9 Å². The molecule has 4 heteroatoms. The Kier molecular flexibility index (Phi) is 1.58. The highest BCUT2D eigenvalue weighted by molar-refractivity contribution is 9.10. The molecule has 0 unspecified atom stereocenters. The van der Waals surface area contributed by atoms with Crippen molar-refractivity contribution in [3.8, 4) is 0 Å². The Morgan fingerprint density at radius 1 is 1.50 bits per heavy atom. The Morgan fingerprint density at radius 2 is 2.25 bits per heavy atom. The van der Waals surface area contributed by atoms with E-state index in [1.54, 1.807) is 4.68 Å². The van der Waals surface area contributed by atoms with Gasteiger partial charge in [0.25, 0.3) is 0 Å². The van der Waals surface area contributed by atoms with Crippen LogP contribution in [0.5, 0.6) is 0 Å². The van der Waals surface area contributed by atoms with Crippen LogP contribution < -0.4 is 5.73 Å². The maximum absolute atomic E-state index is 5.79. The number of benzene rings is 1. The van der Waals surface area contributed by atoms with E-state index in [-0.39, 0.29) is 0 Å². The second-order valence-electron chi connectivity index (χ2n) is 2.66. The molecule has 0 spiro atoms. The van der Waals surface area contributed by atoms with Gasteiger partial charge in [-0.3, -0.25) is 4.68 Å². The summed E-state index contributed by atoms with van der Waals surface area (Å²) in [5, 5.41) is 5.19. The summed E-state index contributed by atoms with van der Waals surface area (Å²) in [6, 6.07) is 5.78. The van der Waals surface area contributed by atoms with E-state index in [9.17, 15) is 0 Å². The lowest BCUT2D eigenvalue weighted by Crippen LogP contribution is -1.89. The summed E-state index contributed by atoms with van der Waals surface area (Å²) in [5.41, 5.74) is 7.59. The fourth-order valence-corrected chi connectivity index (χ4v) is 1.96. The van der Waals surface area contributed by atoms with Gasteiger partial charge in [0, 0.05) is 12.7 Å². The maximum Gasteiger partial charge on any atom is 0.138 e. The molecule has 2 N–H and O–H groups in total. The number of aromatic nitrogens is 2. The van der Waals surface area contributed by atoms with Crippen molar-refractivity contribution in [1.82, 2.24) is 9.78 Å². The molecule has 0 saturated heterocycles. The van der Waals surface area contributed by atoms with E-state index < -0.39 is 0 Å². The number of rotatable bonds is 0. The third-order valence-electron chi connectivity index (χ3n) is 1.87. The van der Waals surface area contributed by atoms with Gasteiger partial charge in [-0.05, 0) is 28.1 Å². The van der Waals surface area contributed by atoms with E-state index in [0.717, 1.165) is 21.2 Å². The number of fused-ring (bicyclic) bond motifs is 1. The highest BCUT2D eigenvalue weighted by Crippen LogP contribution is 2.27. The standard InChI is InChI=1S/C8H8BrN3/c1-12-6-4-2-3-5(10)7(6)8(9)11-12/h2-4H,10H2,1H3. The molecular formula is C8H8BrN3. The normalized spacial score (nSPS) is 10.8. The van der Waals surface area contributed by atoms with Gasteiger partial charge in [-0.15, -0.1) is 0 Å². The Hall–Kier alpha value is -1.03. The summed E-state index contributed by atoms with van der Waals surface area (Å²) in [6.07, 6.45) is 0. The predicted octanol–water partition coefficient (Wildman–Crippen LogP) is 1.92. The van der Waals surface area contributed by atoms with Crippen molar-refractivity contribution in [1.29, 1.82) is 0 Å². The monoisotopic (exact) mass is 225 g/mol. The van der Waals surface area contributed by atoms with Crippen LogP contribution in [0, 0.1) is 0 Å². The third kappa shape index (κ3) is 0.914. The molecule has 0 aliphatic heterocycles. The van der Waals surface area contributed by atoms with E-state index in [0.29, 0.717) is 0 Å². The molecule has 62 valence electrons. The van der Waals surface area contributed by atoms with E-state index in [4.69, 9.17) is 5.73 Å².